The minimum Gasteiger partial charge on any atom is -0.438 e. The first-order valence-electron chi connectivity index (χ1n) is 6.03. The summed E-state index contributed by atoms with van der Waals surface area (Å²) in [5.74, 6) is 0.665. The lowest BCUT2D eigenvalue weighted by Crippen LogP contribution is -1.98. The second-order valence-corrected chi connectivity index (χ2v) is 4.41. The summed E-state index contributed by atoms with van der Waals surface area (Å²) in [6, 6.07) is 5.91. The molecule has 0 spiro atoms. The molecule has 0 N–H and O–H groups in total. The Kier molecular flexibility index (Phi) is 4.47. The number of ether oxygens (including phenoxy) is 1. The number of non-ortho nitro benzene ring substituents is 1. The molecule has 0 unspecified atom stereocenters. The summed E-state index contributed by atoms with van der Waals surface area (Å²) < 4.78 is 5.59. The molecule has 0 bridgehead atoms. The maximum Gasteiger partial charge on any atom is 0.273 e. The molecule has 104 valence electrons. The fourth-order valence-electron chi connectivity index (χ4n) is 1.70. The van der Waals surface area contributed by atoms with Gasteiger partial charge in [0.15, 0.2) is 0 Å². The third-order valence-corrected chi connectivity index (χ3v) is 2.92. The van der Waals surface area contributed by atoms with Crippen LogP contribution in [0.1, 0.15) is 18.9 Å². The zero-order chi connectivity index (χ0) is 14.5. The summed E-state index contributed by atoms with van der Waals surface area (Å²) in [7, 11) is 0. The first-order chi connectivity index (χ1) is 9.61. The van der Waals surface area contributed by atoms with Crippen LogP contribution in [-0.2, 0) is 6.42 Å². The highest BCUT2D eigenvalue weighted by atomic mass is 35.5. The minimum atomic E-state index is -0.479. The summed E-state index contributed by atoms with van der Waals surface area (Å²) in [6.07, 6.45) is 2.83. The molecule has 2 rings (SSSR count). The van der Waals surface area contributed by atoms with Crippen molar-refractivity contribution in [2.45, 2.75) is 19.8 Å². The summed E-state index contributed by atoms with van der Waals surface area (Å²) in [6.45, 7) is 2.00. The van der Waals surface area contributed by atoms with Crippen LogP contribution in [0.2, 0.25) is 5.15 Å². The topological polar surface area (TPSA) is 78.2 Å². The second kappa shape index (κ2) is 6.29. The van der Waals surface area contributed by atoms with Crippen molar-refractivity contribution >= 4 is 17.3 Å². The van der Waals surface area contributed by atoms with Crippen molar-refractivity contribution in [2.75, 3.05) is 0 Å². The van der Waals surface area contributed by atoms with E-state index in [9.17, 15) is 10.1 Å². The molecule has 0 aliphatic heterocycles. The lowest BCUT2D eigenvalue weighted by molar-refractivity contribution is -0.384. The van der Waals surface area contributed by atoms with Gasteiger partial charge in [-0.2, -0.15) is 0 Å². The molecule has 2 aromatic rings. The van der Waals surface area contributed by atoms with Crippen LogP contribution < -0.4 is 4.74 Å². The average molecular weight is 294 g/mol. The first-order valence-corrected chi connectivity index (χ1v) is 6.41. The Labute approximate surface area is 120 Å². The number of halogens is 1. The fraction of sp³-hybridized carbons (Fsp3) is 0.231. The van der Waals surface area contributed by atoms with Gasteiger partial charge in [0, 0.05) is 6.07 Å². The molecule has 0 radical (unpaired) electrons. The van der Waals surface area contributed by atoms with Crippen molar-refractivity contribution in [1.29, 1.82) is 0 Å². The van der Waals surface area contributed by atoms with Crippen molar-refractivity contribution in [3.05, 3.63) is 51.4 Å². The molecular weight excluding hydrogens is 282 g/mol. The molecule has 0 saturated heterocycles. The zero-order valence-corrected chi connectivity index (χ0v) is 11.5. The molecule has 0 atom stereocenters. The highest BCUT2D eigenvalue weighted by molar-refractivity contribution is 6.30. The van der Waals surface area contributed by atoms with Gasteiger partial charge in [-0.05, 0) is 12.5 Å². The quantitative estimate of drug-likeness (QED) is 0.476. The molecule has 0 aliphatic carbocycles. The van der Waals surface area contributed by atoms with E-state index in [1.807, 2.05) is 6.92 Å². The molecule has 0 saturated carbocycles. The Hall–Kier alpha value is -2.21. The highest BCUT2D eigenvalue weighted by Gasteiger charge is 2.13. The maximum atomic E-state index is 10.7. The third-order valence-electron chi connectivity index (χ3n) is 2.60. The Balaban J connectivity index is 2.32. The number of hydrogen-bond donors (Lipinski definition) is 0. The van der Waals surface area contributed by atoms with Crippen LogP contribution in [0.3, 0.4) is 0 Å². The van der Waals surface area contributed by atoms with Crippen LogP contribution in [0, 0.1) is 10.1 Å². The Morgan fingerprint density at radius 1 is 1.40 bits per heavy atom. The van der Waals surface area contributed by atoms with Crippen molar-refractivity contribution in [3.8, 4) is 11.6 Å². The molecule has 0 aliphatic rings. The van der Waals surface area contributed by atoms with Gasteiger partial charge in [-0.25, -0.2) is 9.97 Å². The number of benzene rings is 1. The van der Waals surface area contributed by atoms with Crippen LogP contribution in [0.15, 0.2) is 30.6 Å². The predicted octanol–water partition coefficient (Wildman–Crippen LogP) is 3.78. The number of rotatable bonds is 5. The Morgan fingerprint density at radius 2 is 2.20 bits per heavy atom. The SMILES string of the molecule is CCCc1c(Cl)ncnc1Oc1cccc([N+](=O)[O-])c1. The van der Waals surface area contributed by atoms with Crippen LogP contribution in [0.4, 0.5) is 5.69 Å². The fourth-order valence-corrected chi connectivity index (χ4v) is 1.92. The van der Waals surface area contributed by atoms with Gasteiger partial charge in [-0.15, -0.1) is 0 Å². The van der Waals surface area contributed by atoms with E-state index in [0.717, 1.165) is 6.42 Å². The number of nitro benzene ring substituents is 1. The van der Waals surface area contributed by atoms with Gasteiger partial charge in [-0.3, -0.25) is 10.1 Å². The van der Waals surface area contributed by atoms with Crippen LogP contribution in [0.5, 0.6) is 11.6 Å². The average Bonchev–Trinajstić information content (AvgIpc) is 2.43. The zero-order valence-electron chi connectivity index (χ0n) is 10.7. The van der Waals surface area contributed by atoms with Crippen molar-refractivity contribution in [2.24, 2.45) is 0 Å². The van der Waals surface area contributed by atoms with Crippen molar-refractivity contribution in [3.63, 3.8) is 0 Å². The van der Waals surface area contributed by atoms with Crippen LogP contribution >= 0.6 is 11.6 Å². The monoisotopic (exact) mass is 293 g/mol. The van der Waals surface area contributed by atoms with E-state index in [-0.39, 0.29) is 5.69 Å². The van der Waals surface area contributed by atoms with Gasteiger partial charge >= 0.3 is 0 Å². The second-order valence-electron chi connectivity index (χ2n) is 4.05. The lowest BCUT2D eigenvalue weighted by atomic mass is 10.2. The van der Waals surface area contributed by atoms with Crippen molar-refractivity contribution < 1.29 is 9.66 Å². The number of aromatic nitrogens is 2. The van der Waals surface area contributed by atoms with Gasteiger partial charge in [0.2, 0.25) is 5.88 Å². The number of nitro groups is 1. The molecule has 1 aromatic carbocycles. The molecule has 6 nitrogen and oxygen atoms in total. The maximum absolute atomic E-state index is 10.7. The third kappa shape index (κ3) is 3.21. The first kappa shape index (κ1) is 14.2. The van der Waals surface area contributed by atoms with E-state index in [1.54, 1.807) is 12.1 Å². The smallest absolute Gasteiger partial charge is 0.273 e. The summed E-state index contributed by atoms with van der Waals surface area (Å²) in [5.41, 5.74) is 0.655. The number of nitrogens with zero attached hydrogens (tertiary/aromatic N) is 3. The summed E-state index contributed by atoms with van der Waals surface area (Å²) in [5, 5.41) is 11.1. The predicted molar refractivity (Wildman–Crippen MR) is 74.2 cm³/mol. The molecule has 20 heavy (non-hydrogen) atoms. The van der Waals surface area contributed by atoms with Gasteiger partial charge in [0.25, 0.3) is 5.69 Å². The van der Waals surface area contributed by atoms with E-state index in [0.29, 0.717) is 28.8 Å². The van der Waals surface area contributed by atoms with E-state index in [4.69, 9.17) is 16.3 Å². The number of hydrogen-bond acceptors (Lipinski definition) is 5. The molecule has 1 aromatic heterocycles. The highest BCUT2D eigenvalue weighted by Crippen LogP contribution is 2.29. The van der Waals surface area contributed by atoms with Gasteiger partial charge in [0.05, 0.1) is 16.6 Å². The summed E-state index contributed by atoms with van der Waals surface area (Å²) >= 11 is 6.02. The molecular formula is C13H12ClN3O3. The van der Waals surface area contributed by atoms with Gasteiger partial charge in [0.1, 0.15) is 17.2 Å². The largest absolute Gasteiger partial charge is 0.438 e. The van der Waals surface area contributed by atoms with Crippen LogP contribution in [0.25, 0.3) is 0 Å². The van der Waals surface area contributed by atoms with Gasteiger partial charge in [-0.1, -0.05) is 31.0 Å². The molecule has 7 heteroatoms. The van der Waals surface area contributed by atoms with Crippen LogP contribution in [-0.4, -0.2) is 14.9 Å². The van der Waals surface area contributed by atoms with E-state index >= 15 is 0 Å². The van der Waals surface area contributed by atoms with E-state index < -0.39 is 4.92 Å². The standard InChI is InChI=1S/C13H12ClN3O3/c1-2-4-11-12(14)15-8-16-13(11)20-10-6-3-5-9(7-10)17(18)19/h3,5-8H,2,4H2,1H3. The summed E-state index contributed by atoms with van der Waals surface area (Å²) in [4.78, 5) is 18.2. The Bertz CT molecular complexity index is 634. The lowest BCUT2D eigenvalue weighted by Gasteiger charge is -2.09. The molecule has 1 heterocycles. The Morgan fingerprint density at radius 3 is 2.90 bits per heavy atom. The molecule has 0 amide bonds. The van der Waals surface area contributed by atoms with Crippen molar-refractivity contribution in [1.82, 2.24) is 9.97 Å². The van der Waals surface area contributed by atoms with E-state index in [2.05, 4.69) is 9.97 Å². The normalized spacial score (nSPS) is 10.3. The van der Waals surface area contributed by atoms with Gasteiger partial charge < -0.3 is 4.74 Å². The molecule has 0 fully saturated rings. The minimum absolute atomic E-state index is 0.0419. The van der Waals surface area contributed by atoms with E-state index in [1.165, 1.54) is 18.5 Å².